The molecule has 34 heavy (non-hydrogen) atoms. The van der Waals surface area contributed by atoms with Gasteiger partial charge < -0.3 is 19.8 Å². The van der Waals surface area contributed by atoms with E-state index in [2.05, 4.69) is 15.3 Å². The molecule has 12 nitrogen and oxygen atoms in total. The number of non-ortho nitro benzene ring substituents is 1. The highest BCUT2D eigenvalue weighted by Crippen LogP contribution is 2.42. The Morgan fingerprint density at radius 3 is 2.76 bits per heavy atom. The molecule has 0 saturated carbocycles. The van der Waals surface area contributed by atoms with E-state index in [0.29, 0.717) is 22.4 Å². The summed E-state index contributed by atoms with van der Waals surface area (Å²) < 4.78 is 10.6. The molecule has 2 aliphatic heterocycles. The molecule has 2 atom stereocenters. The van der Waals surface area contributed by atoms with Crippen molar-refractivity contribution >= 4 is 52.3 Å². The van der Waals surface area contributed by atoms with Crippen molar-refractivity contribution in [2.45, 2.75) is 44.7 Å². The molecule has 180 valence electrons. The number of nitro benzene ring substituents is 1. The number of esters is 2. The average molecular weight is 490 g/mol. The number of nitro groups is 1. The first kappa shape index (κ1) is 23.5. The number of carbonyl (C=O) groups is 3. The van der Waals surface area contributed by atoms with Gasteiger partial charge in [0.2, 0.25) is 5.95 Å². The Morgan fingerprint density at radius 2 is 2.12 bits per heavy atom. The predicted octanol–water partition coefficient (Wildman–Crippen LogP) is 2.33. The molecule has 4 rings (SSSR count). The lowest BCUT2D eigenvalue weighted by molar-refractivity contribution is -0.384. The molecule has 1 saturated heterocycles. The number of fused-ring (bicyclic) bond motifs is 2. The summed E-state index contributed by atoms with van der Waals surface area (Å²) in [6, 6.07) is 3.54. The molecule has 0 spiro atoms. The van der Waals surface area contributed by atoms with Crippen LogP contribution in [0.5, 0.6) is 0 Å². The number of amides is 1. The van der Waals surface area contributed by atoms with Gasteiger partial charge in [-0.2, -0.15) is 0 Å². The number of β-lactam (4-membered cyclic amide) rings is 1. The lowest BCUT2D eigenvalue weighted by Gasteiger charge is -2.49. The van der Waals surface area contributed by atoms with Crippen molar-refractivity contribution in [1.82, 2.24) is 14.9 Å². The van der Waals surface area contributed by atoms with Gasteiger partial charge in [-0.15, -0.1) is 11.8 Å². The van der Waals surface area contributed by atoms with Crippen molar-refractivity contribution in [1.29, 1.82) is 0 Å². The van der Waals surface area contributed by atoms with Gasteiger partial charge in [-0.1, -0.05) is 0 Å². The monoisotopic (exact) mass is 489 g/mol. The van der Waals surface area contributed by atoms with Gasteiger partial charge >= 0.3 is 11.9 Å². The fraction of sp³-hybridized carbons (Fsp3) is 0.429. The smallest absolute Gasteiger partial charge is 0.355 e. The number of aromatic amines is 1. The minimum atomic E-state index is -0.779. The number of imidazole rings is 1. The van der Waals surface area contributed by atoms with Gasteiger partial charge in [-0.25, -0.2) is 9.78 Å². The van der Waals surface area contributed by atoms with Crippen LogP contribution in [0.25, 0.3) is 11.0 Å². The maximum Gasteiger partial charge on any atom is 0.355 e. The topological polar surface area (TPSA) is 157 Å². The average Bonchev–Trinajstić information content (AvgIpc) is 3.15. The molecule has 0 bridgehead atoms. The number of nitrogens with zero attached hydrogens (tertiary/aromatic N) is 3. The zero-order valence-electron chi connectivity index (χ0n) is 18.9. The van der Waals surface area contributed by atoms with Crippen molar-refractivity contribution in [3.8, 4) is 0 Å². The number of thioether (sulfide) groups is 1. The van der Waals surface area contributed by atoms with Crippen LogP contribution in [0, 0.1) is 10.1 Å². The molecule has 0 unspecified atom stereocenters. The number of hydrogen-bond acceptors (Lipinski definition) is 10. The zero-order chi connectivity index (χ0) is 24.8. The molecule has 2 N–H and O–H groups in total. The van der Waals surface area contributed by atoms with Crippen LogP contribution in [-0.4, -0.2) is 67.0 Å². The quantitative estimate of drug-likeness (QED) is 0.267. The summed E-state index contributed by atoms with van der Waals surface area (Å²) in [6.07, 6.45) is 0. The molecule has 13 heteroatoms. The third-order valence-corrected chi connectivity index (χ3v) is 6.40. The minimum absolute atomic E-state index is 0.0797. The van der Waals surface area contributed by atoms with Gasteiger partial charge in [-0.05, 0) is 26.8 Å². The summed E-state index contributed by atoms with van der Waals surface area (Å²) in [5.74, 6) is -0.890. The lowest BCUT2D eigenvalue weighted by atomic mass is 10.0. The van der Waals surface area contributed by atoms with Crippen LogP contribution in [-0.2, 0) is 23.9 Å². The Morgan fingerprint density at radius 1 is 1.38 bits per heavy atom. The first-order chi connectivity index (χ1) is 15.9. The third-order valence-electron chi connectivity index (χ3n) is 5.06. The Labute approximate surface area is 198 Å². The van der Waals surface area contributed by atoms with E-state index in [9.17, 15) is 24.5 Å². The molecule has 1 aromatic carbocycles. The van der Waals surface area contributed by atoms with Crippen LogP contribution in [0.3, 0.4) is 0 Å². The summed E-state index contributed by atoms with van der Waals surface area (Å²) in [6.45, 7) is 6.32. The Balaban J connectivity index is 1.57. The van der Waals surface area contributed by atoms with E-state index in [1.807, 2.05) is 0 Å². The largest absolute Gasteiger partial charge is 0.461 e. The van der Waals surface area contributed by atoms with Crippen molar-refractivity contribution in [3.05, 3.63) is 39.6 Å². The summed E-state index contributed by atoms with van der Waals surface area (Å²) in [5, 5.41) is 13.6. The molecule has 0 radical (unpaired) electrons. The van der Waals surface area contributed by atoms with Crippen molar-refractivity contribution < 1.29 is 28.8 Å². The van der Waals surface area contributed by atoms with Crippen molar-refractivity contribution in [3.63, 3.8) is 0 Å². The van der Waals surface area contributed by atoms with Crippen molar-refractivity contribution in [2.24, 2.45) is 0 Å². The normalized spacial score (nSPS) is 20.0. The number of rotatable bonds is 6. The number of H-pyrrole nitrogens is 1. The maximum atomic E-state index is 13.1. The minimum Gasteiger partial charge on any atom is -0.461 e. The van der Waals surface area contributed by atoms with Crippen molar-refractivity contribution in [2.75, 3.05) is 17.7 Å². The number of anilines is 1. The summed E-state index contributed by atoms with van der Waals surface area (Å²) >= 11 is 1.41. The molecule has 3 heterocycles. The van der Waals surface area contributed by atoms with Crippen LogP contribution in [0.15, 0.2) is 29.5 Å². The van der Waals surface area contributed by atoms with Gasteiger partial charge in [0.25, 0.3) is 11.6 Å². The highest BCUT2D eigenvalue weighted by atomic mass is 32.2. The van der Waals surface area contributed by atoms with E-state index in [4.69, 9.17) is 9.47 Å². The standard InChI is InChI=1S/C21H23N5O7S/c1-10(27)32-8-11-9-34-18-15(17(28)25(18)16(11)19(29)33-21(2,3)4)24-20-22-13-6-5-12(26(30)31)7-14(13)23-20/h5-7,15,18H,8-9H2,1-4H3,(H2,22,23,24)/t15-,18-/m1/s1. The number of hydrogen-bond donors (Lipinski definition) is 2. The zero-order valence-corrected chi connectivity index (χ0v) is 19.7. The Kier molecular flexibility index (Phi) is 5.98. The van der Waals surface area contributed by atoms with E-state index >= 15 is 0 Å². The molecule has 1 amide bonds. The first-order valence-electron chi connectivity index (χ1n) is 10.4. The second kappa shape index (κ2) is 8.63. The molecular weight excluding hydrogens is 466 g/mol. The second-order valence-electron chi connectivity index (χ2n) is 8.81. The Hall–Kier alpha value is -3.61. The molecular formula is C21H23N5O7S. The summed E-state index contributed by atoms with van der Waals surface area (Å²) in [4.78, 5) is 56.5. The van der Waals surface area contributed by atoms with E-state index in [1.165, 1.54) is 41.8 Å². The lowest BCUT2D eigenvalue weighted by Crippen LogP contribution is -2.68. The second-order valence-corrected chi connectivity index (χ2v) is 9.92. The number of ether oxygens (including phenoxy) is 2. The number of nitrogens with one attached hydrogen (secondary N) is 2. The van der Waals surface area contributed by atoms with Gasteiger partial charge in [0.05, 0.1) is 16.0 Å². The molecule has 1 fully saturated rings. The fourth-order valence-corrected chi connectivity index (χ4v) is 4.95. The first-order valence-corrected chi connectivity index (χ1v) is 11.4. The van der Waals surface area contributed by atoms with E-state index in [-0.39, 0.29) is 29.8 Å². The Bertz CT molecular complexity index is 1230. The van der Waals surface area contributed by atoms with Gasteiger partial charge in [0, 0.05) is 30.4 Å². The molecule has 0 aliphatic carbocycles. The molecule has 1 aromatic heterocycles. The third kappa shape index (κ3) is 4.55. The maximum absolute atomic E-state index is 13.1. The number of aromatic nitrogens is 2. The number of carbonyl (C=O) groups excluding carboxylic acids is 3. The van der Waals surface area contributed by atoms with E-state index < -0.39 is 33.9 Å². The predicted molar refractivity (Wildman–Crippen MR) is 123 cm³/mol. The fourth-order valence-electron chi connectivity index (χ4n) is 3.62. The van der Waals surface area contributed by atoms with Crippen LogP contribution in [0.1, 0.15) is 27.7 Å². The van der Waals surface area contributed by atoms with E-state index in [0.717, 1.165) is 0 Å². The summed E-state index contributed by atoms with van der Waals surface area (Å²) in [7, 11) is 0. The van der Waals surface area contributed by atoms with Gasteiger partial charge in [0.1, 0.15) is 29.3 Å². The van der Waals surface area contributed by atoms with Crippen LogP contribution in [0.4, 0.5) is 11.6 Å². The van der Waals surface area contributed by atoms with Crippen LogP contribution in [0.2, 0.25) is 0 Å². The highest BCUT2D eigenvalue weighted by molar-refractivity contribution is 8.00. The summed E-state index contributed by atoms with van der Waals surface area (Å²) in [5.41, 5.74) is 0.681. The molecule has 2 aromatic rings. The van der Waals surface area contributed by atoms with Gasteiger partial charge in [0.15, 0.2) is 0 Å². The van der Waals surface area contributed by atoms with Crippen LogP contribution < -0.4 is 5.32 Å². The highest BCUT2D eigenvalue weighted by Gasteiger charge is 2.54. The number of benzene rings is 1. The van der Waals surface area contributed by atoms with Crippen LogP contribution >= 0.6 is 11.8 Å². The SMILES string of the molecule is CC(=O)OCC1=C(C(=O)OC(C)(C)C)N2C(=O)[C@@H](Nc3nc4ccc([N+](=O)[O-])cc4[nH]3)[C@H]2SC1. The van der Waals surface area contributed by atoms with E-state index in [1.54, 1.807) is 20.8 Å². The van der Waals surface area contributed by atoms with Gasteiger partial charge in [-0.3, -0.25) is 24.6 Å². The molecule has 2 aliphatic rings.